The zero-order chi connectivity index (χ0) is 22.0. The molecular weight excluding hydrogens is 396 g/mol. The van der Waals surface area contributed by atoms with Gasteiger partial charge in [-0.1, -0.05) is 24.3 Å². The number of imide groups is 1. The van der Waals surface area contributed by atoms with Crippen LogP contribution in [-0.2, 0) is 11.2 Å². The number of ether oxygens (including phenoxy) is 2. The molecule has 0 spiro atoms. The highest BCUT2D eigenvalue weighted by molar-refractivity contribution is 6.34. The maximum absolute atomic E-state index is 12.7. The first-order chi connectivity index (χ1) is 15.0. The Bertz CT molecular complexity index is 1150. The second kappa shape index (κ2) is 8.31. The topological polar surface area (TPSA) is 84.9 Å². The minimum Gasteiger partial charge on any atom is -0.493 e. The number of carbonyl (C=O) groups is 3. The second-order valence-corrected chi connectivity index (χ2v) is 6.96. The molecular formula is C24H20N2O5. The van der Waals surface area contributed by atoms with Crippen LogP contribution in [-0.4, -0.2) is 31.9 Å². The number of hydrogen-bond donors (Lipinski definition) is 1. The van der Waals surface area contributed by atoms with Gasteiger partial charge in [0, 0.05) is 5.69 Å². The van der Waals surface area contributed by atoms with Crippen molar-refractivity contribution in [3.63, 3.8) is 0 Å². The molecule has 3 aromatic rings. The van der Waals surface area contributed by atoms with Crippen LogP contribution in [0.25, 0.3) is 0 Å². The molecule has 4 rings (SSSR count). The van der Waals surface area contributed by atoms with E-state index in [0.29, 0.717) is 34.0 Å². The van der Waals surface area contributed by atoms with E-state index in [1.165, 1.54) is 7.11 Å². The van der Waals surface area contributed by atoms with Crippen molar-refractivity contribution in [1.29, 1.82) is 0 Å². The minimum atomic E-state index is -0.380. The number of carbonyl (C=O) groups excluding carboxylic acids is 3. The monoisotopic (exact) mass is 416 g/mol. The predicted molar refractivity (Wildman–Crippen MR) is 116 cm³/mol. The van der Waals surface area contributed by atoms with E-state index in [-0.39, 0.29) is 24.1 Å². The Labute approximate surface area is 179 Å². The van der Waals surface area contributed by atoms with Gasteiger partial charge in [0.25, 0.3) is 11.8 Å². The van der Waals surface area contributed by atoms with Crippen molar-refractivity contribution in [1.82, 2.24) is 0 Å². The average Bonchev–Trinajstić information content (AvgIpc) is 3.04. The van der Waals surface area contributed by atoms with Crippen LogP contribution < -0.4 is 19.7 Å². The molecule has 0 saturated carbocycles. The summed E-state index contributed by atoms with van der Waals surface area (Å²) < 4.78 is 10.5. The Morgan fingerprint density at radius 3 is 2.16 bits per heavy atom. The number of nitrogens with zero attached hydrogens (tertiary/aromatic N) is 1. The van der Waals surface area contributed by atoms with E-state index in [2.05, 4.69) is 5.32 Å². The number of rotatable bonds is 6. The number of methoxy groups -OCH3 is 2. The average molecular weight is 416 g/mol. The largest absolute Gasteiger partial charge is 0.493 e. The summed E-state index contributed by atoms with van der Waals surface area (Å²) in [7, 11) is 3.08. The van der Waals surface area contributed by atoms with Crippen LogP contribution >= 0.6 is 0 Å². The Morgan fingerprint density at radius 2 is 1.52 bits per heavy atom. The maximum atomic E-state index is 12.7. The molecule has 31 heavy (non-hydrogen) atoms. The third-order valence-corrected chi connectivity index (χ3v) is 4.99. The van der Waals surface area contributed by atoms with Crippen LogP contribution in [0.1, 0.15) is 26.3 Å². The highest BCUT2D eigenvalue weighted by Crippen LogP contribution is 2.30. The fraction of sp³-hybridized carbons (Fsp3) is 0.125. The number of hydrogen-bond acceptors (Lipinski definition) is 5. The Morgan fingerprint density at radius 1 is 0.839 bits per heavy atom. The summed E-state index contributed by atoms with van der Waals surface area (Å²) in [5.74, 6) is 0.122. The molecule has 0 radical (unpaired) electrons. The first-order valence-electron chi connectivity index (χ1n) is 9.60. The molecule has 1 aliphatic rings. The summed E-state index contributed by atoms with van der Waals surface area (Å²) in [6.45, 7) is 0. The van der Waals surface area contributed by atoms with Crippen molar-refractivity contribution in [2.24, 2.45) is 0 Å². The van der Waals surface area contributed by atoms with E-state index in [1.807, 2.05) is 0 Å². The van der Waals surface area contributed by atoms with E-state index >= 15 is 0 Å². The molecule has 0 bridgehead atoms. The molecule has 0 aliphatic carbocycles. The van der Waals surface area contributed by atoms with Crippen molar-refractivity contribution in [2.45, 2.75) is 6.42 Å². The third kappa shape index (κ3) is 3.85. The second-order valence-electron chi connectivity index (χ2n) is 6.96. The van der Waals surface area contributed by atoms with Gasteiger partial charge in [0.05, 0.1) is 37.5 Å². The molecule has 0 aromatic heterocycles. The molecule has 156 valence electrons. The normalized spacial score (nSPS) is 12.5. The highest BCUT2D eigenvalue weighted by atomic mass is 16.5. The highest BCUT2D eigenvalue weighted by Gasteiger charge is 2.36. The van der Waals surface area contributed by atoms with E-state index in [9.17, 15) is 14.4 Å². The van der Waals surface area contributed by atoms with Crippen LogP contribution in [0.2, 0.25) is 0 Å². The molecule has 0 unspecified atom stereocenters. The van der Waals surface area contributed by atoms with Gasteiger partial charge in [-0.15, -0.1) is 0 Å². The van der Waals surface area contributed by atoms with Crippen molar-refractivity contribution in [2.75, 3.05) is 24.4 Å². The summed E-state index contributed by atoms with van der Waals surface area (Å²) in [4.78, 5) is 39.0. The fourth-order valence-electron chi connectivity index (χ4n) is 3.53. The van der Waals surface area contributed by atoms with E-state index in [1.54, 1.807) is 73.8 Å². The predicted octanol–water partition coefficient (Wildman–Crippen LogP) is 3.69. The Hall–Kier alpha value is -4.13. The molecule has 7 heteroatoms. The molecule has 1 N–H and O–H groups in total. The zero-order valence-corrected chi connectivity index (χ0v) is 17.0. The number of nitrogens with one attached hydrogen (secondary N) is 1. The zero-order valence-electron chi connectivity index (χ0n) is 17.0. The van der Waals surface area contributed by atoms with Crippen molar-refractivity contribution in [3.8, 4) is 11.5 Å². The Kier molecular flexibility index (Phi) is 5.41. The molecule has 1 heterocycles. The van der Waals surface area contributed by atoms with Gasteiger partial charge < -0.3 is 14.8 Å². The van der Waals surface area contributed by atoms with Crippen molar-refractivity contribution >= 4 is 29.1 Å². The van der Waals surface area contributed by atoms with E-state index in [4.69, 9.17) is 9.47 Å². The van der Waals surface area contributed by atoms with Gasteiger partial charge in [-0.05, 0) is 48.0 Å². The van der Waals surface area contributed by atoms with Crippen molar-refractivity contribution < 1.29 is 23.9 Å². The summed E-state index contributed by atoms with van der Waals surface area (Å²) in [5, 5.41) is 2.81. The van der Waals surface area contributed by atoms with Gasteiger partial charge in [-0.3, -0.25) is 14.4 Å². The lowest BCUT2D eigenvalue weighted by atomic mass is 10.1. The molecule has 7 nitrogen and oxygen atoms in total. The van der Waals surface area contributed by atoms with E-state index < -0.39 is 0 Å². The standard InChI is InChI=1S/C24H20N2O5/c1-30-20-11-10-15(12-21(20)31-2)13-22(27)25-16-6-5-7-17(14-16)26-23(28)18-8-3-4-9-19(18)24(26)29/h3-12,14H,13H2,1-2H3,(H,25,27). The van der Waals surface area contributed by atoms with Gasteiger partial charge in [-0.25, -0.2) is 4.90 Å². The minimum absolute atomic E-state index is 0.123. The van der Waals surface area contributed by atoms with Gasteiger partial charge in [0.15, 0.2) is 11.5 Å². The fourth-order valence-corrected chi connectivity index (χ4v) is 3.53. The lowest BCUT2D eigenvalue weighted by Crippen LogP contribution is -2.29. The first-order valence-corrected chi connectivity index (χ1v) is 9.60. The smallest absolute Gasteiger partial charge is 0.266 e. The molecule has 0 saturated heterocycles. The summed E-state index contributed by atoms with van der Waals surface area (Å²) in [6, 6.07) is 18.6. The van der Waals surface area contributed by atoms with Crippen LogP contribution in [0.15, 0.2) is 66.7 Å². The number of benzene rings is 3. The van der Waals surface area contributed by atoms with Crippen LogP contribution in [0.4, 0.5) is 11.4 Å². The SMILES string of the molecule is COc1ccc(CC(=O)Nc2cccc(N3C(=O)c4ccccc4C3=O)c2)cc1OC. The van der Waals surface area contributed by atoms with Gasteiger partial charge in [0.1, 0.15) is 0 Å². The molecule has 0 fully saturated rings. The lowest BCUT2D eigenvalue weighted by molar-refractivity contribution is -0.115. The first kappa shape index (κ1) is 20.2. The summed E-state index contributed by atoms with van der Waals surface area (Å²) >= 11 is 0. The van der Waals surface area contributed by atoms with Gasteiger partial charge >= 0.3 is 0 Å². The molecule has 3 amide bonds. The van der Waals surface area contributed by atoms with Crippen LogP contribution in [0.3, 0.4) is 0 Å². The van der Waals surface area contributed by atoms with E-state index in [0.717, 1.165) is 10.5 Å². The Balaban J connectivity index is 1.50. The lowest BCUT2D eigenvalue weighted by Gasteiger charge is -2.15. The van der Waals surface area contributed by atoms with Crippen LogP contribution in [0, 0.1) is 0 Å². The molecule has 3 aromatic carbocycles. The number of amides is 3. The number of anilines is 2. The molecule has 1 aliphatic heterocycles. The van der Waals surface area contributed by atoms with Crippen molar-refractivity contribution in [3.05, 3.63) is 83.4 Å². The maximum Gasteiger partial charge on any atom is 0.266 e. The molecule has 0 atom stereocenters. The van der Waals surface area contributed by atoms with Gasteiger partial charge in [0.2, 0.25) is 5.91 Å². The number of fused-ring (bicyclic) bond motifs is 1. The summed E-state index contributed by atoms with van der Waals surface area (Å²) in [6.07, 6.45) is 0.123. The summed E-state index contributed by atoms with van der Waals surface area (Å²) in [5.41, 5.74) is 2.38. The van der Waals surface area contributed by atoms with Crippen LogP contribution in [0.5, 0.6) is 11.5 Å². The third-order valence-electron chi connectivity index (χ3n) is 4.99. The quantitative estimate of drug-likeness (QED) is 0.620. The van der Waals surface area contributed by atoms with Gasteiger partial charge in [-0.2, -0.15) is 0 Å².